The number of amides is 1. The minimum atomic E-state index is -0.318. The SMILES string of the molecule is CC1(C)Cc2cnc(N)nc2-c2n[nH]c(C(=O)Cc3ncc(CC(=O)N4CCC(N5CCCCC5)CC4)s3)c21. The van der Waals surface area contributed by atoms with Gasteiger partial charge in [0.05, 0.1) is 18.5 Å². The number of fused-ring (bicyclic) bond motifs is 3. The molecule has 5 heterocycles. The highest BCUT2D eigenvalue weighted by atomic mass is 32.1. The Bertz CT molecular complexity index is 1380. The number of rotatable bonds is 6. The van der Waals surface area contributed by atoms with E-state index in [4.69, 9.17) is 5.73 Å². The first-order chi connectivity index (χ1) is 18.8. The molecule has 2 aliphatic heterocycles. The van der Waals surface area contributed by atoms with Crippen LogP contribution in [0.1, 0.15) is 77.5 Å². The fourth-order valence-electron chi connectivity index (χ4n) is 6.46. The van der Waals surface area contributed by atoms with Gasteiger partial charge in [0.15, 0.2) is 5.78 Å². The van der Waals surface area contributed by atoms with Gasteiger partial charge in [-0.3, -0.25) is 14.7 Å². The highest BCUT2D eigenvalue weighted by molar-refractivity contribution is 7.11. The van der Waals surface area contributed by atoms with Crippen molar-refractivity contribution < 1.29 is 9.59 Å². The Morgan fingerprint density at radius 3 is 2.59 bits per heavy atom. The number of aromatic nitrogens is 5. The van der Waals surface area contributed by atoms with Crippen LogP contribution >= 0.6 is 11.3 Å². The van der Waals surface area contributed by atoms with Gasteiger partial charge in [-0.2, -0.15) is 5.10 Å². The van der Waals surface area contributed by atoms with Crippen molar-refractivity contribution in [3.8, 4) is 11.4 Å². The first kappa shape index (κ1) is 26.1. The Morgan fingerprint density at radius 2 is 1.82 bits per heavy atom. The predicted octanol–water partition coefficient (Wildman–Crippen LogP) is 3.18. The minimum Gasteiger partial charge on any atom is -0.368 e. The Labute approximate surface area is 232 Å². The summed E-state index contributed by atoms with van der Waals surface area (Å²) in [6, 6.07) is 0.617. The standard InChI is InChI=1S/C28H36N8O2S/c1-28(2)14-17-15-31-27(29)32-24(17)26-23(28)25(33-34-26)20(37)13-21-30-16-19(39-21)12-22(38)36-10-6-18(7-11-36)35-8-4-3-5-9-35/h15-16,18H,3-14H2,1-2H3,(H,33,34)(H2,29,31,32). The van der Waals surface area contributed by atoms with E-state index in [9.17, 15) is 9.59 Å². The molecule has 1 aliphatic carbocycles. The molecule has 0 saturated carbocycles. The zero-order chi connectivity index (χ0) is 27.1. The summed E-state index contributed by atoms with van der Waals surface area (Å²) < 4.78 is 0. The maximum Gasteiger partial charge on any atom is 0.227 e. The van der Waals surface area contributed by atoms with Crippen LogP contribution in [0.5, 0.6) is 0 Å². The molecule has 11 heteroatoms. The second kappa shape index (κ2) is 10.4. The third kappa shape index (κ3) is 5.21. The zero-order valence-electron chi connectivity index (χ0n) is 22.7. The molecule has 0 atom stereocenters. The number of carbonyl (C=O) groups excluding carboxylic acids is 2. The van der Waals surface area contributed by atoms with Crippen molar-refractivity contribution in [3.05, 3.63) is 39.1 Å². The van der Waals surface area contributed by atoms with E-state index in [0.717, 1.165) is 41.9 Å². The summed E-state index contributed by atoms with van der Waals surface area (Å²) in [5.74, 6) is 0.263. The lowest BCUT2D eigenvalue weighted by atomic mass is 9.73. The van der Waals surface area contributed by atoms with Crippen LogP contribution in [0.4, 0.5) is 5.95 Å². The topological polar surface area (TPSA) is 134 Å². The highest BCUT2D eigenvalue weighted by Crippen LogP contribution is 2.43. The maximum atomic E-state index is 13.4. The molecule has 1 amide bonds. The van der Waals surface area contributed by atoms with Crippen molar-refractivity contribution in [2.45, 2.75) is 76.7 Å². The third-order valence-corrected chi connectivity index (χ3v) is 9.42. The molecular formula is C28H36N8O2S. The van der Waals surface area contributed by atoms with Gasteiger partial charge in [-0.05, 0) is 56.2 Å². The maximum absolute atomic E-state index is 13.4. The van der Waals surface area contributed by atoms with Crippen molar-refractivity contribution in [1.82, 2.24) is 34.9 Å². The molecule has 206 valence electrons. The molecular weight excluding hydrogens is 512 g/mol. The summed E-state index contributed by atoms with van der Waals surface area (Å²) in [5.41, 5.74) is 9.18. The van der Waals surface area contributed by atoms with Gasteiger partial charge in [0, 0.05) is 42.0 Å². The van der Waals surface area contributed by atoms with E-state index in [1.807, 2.05) is 4.90 Å². The molecule has 3 N–H and O–H groups in total. The summed E-state index contributed by atoms with van der Waals surface area (Å²) >= 11 is 1.44. The molecule has 3 aromatic heterocycles. The molecule has 2 fully saturated rings. The lowest BCUT2D eigenvalue weighted by Gasteiger charge is -2.40. The van der Waals surface area contributed by atoms with Crippen molar-refractivity contribution in [2.24, 2.45) is 0 Å². The van der Waals surface area contributed by atoms with Gasteiger partial charge in [0.25, 0.3) is 0 Å². The van der Waals surface area contributed by atoms with Crippen molar-refractivity contribution in [1.29, 1.82) is 0 Å². The molecule has 2 saturated heterocycles. The van der Waals surface area contributed by atoms with E-state index in [1.54, 1.807) is 12.4 Å². The summed E-state index contributed by atoms with van der Waals surface area (Å²) in [4.78, 5) is 45.0. The molecule has 0 unspecified atom stereocenters. The number of hydrogen-bond acceptors (Lipinski definition) is 9. The quantitative estimate of drug-likeness (QED) is 0.449. The van der Waals surface area contributed by atoms with E-state index >= 15 is 0 Å². The van der Waals surface area contributed by atoms with Crippen LogP contribution in [-0.2, 0) is 29.5 Å². The summed E-state index contributed by atoms with van der Waals surface area (Å²) in [7, 11) is 0. The normalized spacial score (nSPS) is 19.5. The average molecular weight is 549 g/mol. The Hall–Kier alpha value is -3.18. The van der Waals surface area contributed by atoms with Gasteiger partial charge in [-0.1, -0.05) is 20.3 Å². The number of nitrogens with one attached hydrogen (secondary N) is 1. The largest absolute Gasteiger partial charge is 0.368 e. The number of piperidine rings is 2. The molecule has 6 rings (SSSR count). The fourth-order valence-corrected chi connectivity index (χ4v) is 7.37. The number of aromatic amines is 1. The van der Waals surface area contributed by atoms with Crippen LogP contribution in [0.2, 0.25) is 0 Å². The van der Waals surface area contributed by atoms with E-state index < -0.39 is 0 Å². The number of likely N-dealkylation sites (tertiary alicyclic amines) is 2. The van der Waals surface area contributed by atoms with Crippen LogP contribution in [-0.4, -0.2) is 78.9 Å². The van der Waals surface area contributed by atoms with Crippen LogP contribution in [0.15, 0.2) is 12.4 Å². The first-order valence-corrected chi connectivity index (χ1v) is 14.8. The summed E-state index contributed by atoms with van der Waals surface area (Å²) in [6.07, 6.45) is 10.7. The van der Waals surface area contributed by atoms with E-state index in [1.165, 1.54) is 43.7 Å². The third-order valence-electron chi connectivity index (χ3n) is 8.42. The van der Waals surface area contributed by atoms with Gasteiger partial charge in [0.1, 0.15) is 16.4 Å². The van der Waals surface area contributed by atoms with Crippen molar-refractivity contribution in [2.75, 3.05) is 31.9 Å². The van der Waals surface area contributed by atoms with E-state index in [-0.39, 0.29) is 29.5 Å². The zero-order valence-corrected chi connectivity index (χ0v) is 23.5. The number of H-pyrrole nitrogens is 1. The van der Waals surface area contributed by atoms with E-state index in [0.29, 0.717) is 41.0 Å². The van der Waals surface area contributed by atoms with Gasteiger partial charge in [-0.15, -0.1) is 11.3 Å². The Kier molecular flexibility index (Phi) is 6.96. The van der Waals surface area contributed by atoms with Crippen molar-refractivity contribution >= 4 is 29.0 Å². The first-order valence-electron chi connectivity index (χ1n) is 14.0. The van der Waals surface area contributed by atoms with Gasteiger partial charge >= 0.3 is 0 Å². The molecule has 3 aliphatic rings. The number of hydrogen-bond donors (Lipinski definition) is 2. The lowest BCUT2D eigenvalue weighted by Crippen LogP contribution is -2.48. The summed E-state index contributed by atoms with van der Waals surface area (Å²) in [6.45, 7) is 8.25. The molecule has 0 bridgehead atoms. The predicted molar refractivity (Wildman–Crippen MR) is 150 cm³/mol. The van der Waals surface area contributed by atoms with Crippen LogP contribution < -0.4 is 5.73 Å². The number of carbonyl (C=O) groups is 2. The monoisotopic (exact) mass is 548 g/mol. The molecule has 0 spiro atoms. The highest BCUT2D eigenvalue weighted by Gasteiger charge is 2.38. The Balaban J connectivity index is 1.09. The number of thiazole rings is 1. The second-order valence-corrected chi connectivity index (χ2v) is 12.9. The smallest absolute Gasteiger partial charge is 0.227 e. The molecule has 0 aromatic carbocycles. The summed E-state index contributed by atoms with van der Waals surface area (Å²) in [5, 5.41) is 8.14. The second-order valence-electron chi connectivity index (χ2n) is 11.7. The van der Waals surface area contributed by atoms with Gasteiger partial charge in [0.2, 0.25) is 11.9 Å². The number of Topliss-reactive ketones (excluding diaryl/α,β-unsaturated/α-hetero) is 1. The fraction of sp³-hybridized carbons (Fsp3) is 0.571. The molecule has 10 nitrogen and oxygen atoms in total. The molecule has 39 heavy (non-hydrogen) atoms. The number of anilines is 1. The van der Waals surface area contributed by atoms with Crippen LogP contribution in [0, 0.1) is 0 Å². The molecule has 0 radical (unpaired) electrons. The van der Waals surface area contributed by atoms with Gasteiger partial charge in [-0.25, -0.2) is 15.0 Å². The van der Waals surface area contributed by atoms with Crippen molar-refractivity contribution in [3.63, 3.8) is 0 Å². The minimum absolute atomic E-state index is 0.0747. The lowest BCUT2D eigenvalue weighted by molar-refractivity contribution is -0.132. The number of nitrogens with zero attached hydrogens (tertiary/aromatic N) is 6. The van der Waals surface area contributed by atoms with Crippen LogP contribution in [0.25, 0.3) is 11.4 Å². The van der Waals surface area contributed by atoms with Crippen LogP contribution in [0.3, 0.4) is 0 Å². The Morgan fingerprint density at radius 1 is 1.05 bits per heavy atom. The van der Waals surface area contributed by atoms with E-state index in [2.05, 4.69) is 43.9 Å². The number of nitrogens with two attached hydrogens (primary N) is 1. The molecule has 3 aromatic rings. The average Bonchev–Trinajstić information content (AvgIpc) is 3.58. The number of ketones is 1. The number of nitrogen functional groups attached to an aromatic ring is 1. The van der Waals surface area contributed by atoms with Gasteiger partial charge < -0.3 is 15.5 Å².